The first kappa shape index (κ1) is 17.9. The maximum atomic E-state index is 13.2. The number of carbonyl (C=O) groups is 1. The van der Waals surface area contributed by atoms with E-state index >= 15 is 0 Å². The molecular formula is C18H20N2O3S2. The minimum atomic E-state index is -3.08. The number of pyridine rings is 1. The van der Waals surface area contributed by atoms with E-state index in [9.17, 15) is 13.2 Å². The van der Waals surface area contributed by atoms with Crippen molar-refractivity contribution in [1.82, 2.24) is 9.88 Å². The Morgan fingerprint density at radius 2 is 2.00 bits per heavy atom. The largest absolute Gasteiger partial charge is 0.330 e. The Morgan fingerprint density at radius 1 is 1.24 bits per heavy atom. The summed E-state index contributed by atoms with van der Waals surface area (Å²) in [7, 11) is -3.08. The van der Waals surface area contributed by atoms with Crippen LogP contribution in [0.2, 0.25) is 0 Å². The summed E-state index contributed by atoms with van der Waals surface area (Å²) >= 11 is 1.41. The van der Waals surface area contributed by atoms with Crippen molar-refractivity contribution >= 4 is 27.5 Å². The molecule has 1 aromatic carbocycles. The second kappa shape index (κ2) is 7.58. The highest BCUT2D eigenvalue weighted by molar-refractivity contribution is 7.98. The van der Waals surface area contributed by atoms with Gasteiger partial charge in [-0.3, -0.25) is 4.79 Å². The van der Waals surface area contributed by atoms with Gasteiger partial charge in [0.1, 0.15) is 5.03 Å². The normalized spacial score (nSPS) is 18.8. The van der Waals surface area contributed by atoms with Crippen molar-refractivity contribution < 1.29 is 13.2 Å². The van der Waals surface area contributed by atoms with Gasteiger partial charge in [0.15, 0.2) is 9.84 Å². The van der Waals surface area contributed by atoms with Crippen molar-refractivity contribution in [2.24, 2.45) is 0 Å². The van der Waals surface area contributed by atoms with Crippen molar-refractivity contribution in [2.45, 2.75) is 24.0 Å². The number of rotatable bonds is 5. The van der Waals surface area contributed by atoms with Crippen LogP contribution in [0.5, 0.6) is 0 Å². The van der Waals surface area contributed by atoms with E-state index in [0.717, 1.165) is 5.56 Å². The molecule has 5 nitrogen and oxygen atoms in total. The number of nitrogens with zero attached hydrogens (tertiary/aromatic N) is 2. The first-order valence-corrected chi connectivity index (χ1v) is 11.1. The number of amides is 1. The monoisotopic (exact) mass is 376 g/mol. The molecule has 2 aromatic rings. The number of aromatic nitrogens is 1. The molecule has 2 heterocycles. The van der Waals surface area contributed by atoms with Crippen molar-refractivity contribution in [3.63, 3.8) is 0 Å². The van der Waals surface area contributed by atoms with Gasteiger partial charge in [-0.05, 0) is 30.4 Å². The predicted octanol–water partition coefficient (Wildman–Crippen LogP) is 2.63. The van der Waals surface area contributed by atoms with Crippen LogP contribution in [0.3, 0.4) is 0 Å². The Hall–Kier alpha value is -1.86. The van der Waals surface area contributed by atoms with Gasteiger partial charge in [0, 0.05) is 18.8 Å². The third kappa shape index (κ3) is 4.22. The van der Waals surface area contributed by atoms with Crippen LogP contribution in [0.15, 0.2) is 53.7 Å². The van der Waals surface area contributed by atoms with Crippen molar-refractivity contribution in [3.05, 3.63) is 59.8 Å². The second-order valence-electron chi connectivity index (χ2n) is 6.04. The maximum absolute atomic E-state index is 13.2. The fraction of sp³-hybridized carbons (Fsp3) is 0.333. The van der Waals surface area contributed by atoms with Gasteiger partial charge in [-0.15, -0.1) is 11.8 Å². The lowest BCUT2D eigenvalue weighted by molar-refractivity contribution is 0.0676. The minimum Gasteiger partial charge on any atom is -0.330 e. The van der Waals surface area contributed by atoms with Gasteiger partial charge in [0.2, 0.25) is 0 Å². The number of hydrogen-bond acceptors (Lipinski definition) is 5. The molecule has 1 atom stereocenters. The Labute approximate surface area is 152 Å². The van der Waals surface area contributed by atoms with E-state index < -0.39 is 9.84 Å². The summed E-state index contributed by atoms with van der Waals surface area (Å²) in [5.74, 6) is 0.00226. The van der Waals surface area contributed by atoms with Crippen LogP contribution in [-0.4, -0.2) is 48.0 Å². The Morgan fingerprint density at radius 3 is 2.64 bits per heavy atom. The molecule has 132 valence electrons. The van der Waals surface area contributed by atoms with Crippen LogP contribution in [0.4, 0.5) is 0 Å². The predicted molar refractivity (Wildman–Crippen MR) is 99.4 cm³/mol. The summed E-state index contributed by atoms with van der Waals surface area (Å²) in [5.41, 5.74) is 1.50. The molecule has 1 aromatic heterocycles. The first-order valence-electron chi connectivity index (χ1n) is 8.04. The summed E-state index contributed by atoms with van der Waals surface area (Å²) in [4.78, 5) is 19.2. The molecule has 7 heteroatoms. The average molecular weight is 377 g/mol. The number of hydrogen-bond donors (Lipinski definition) is 0. The van der Waals surface area contributed by atoms with Gasteiger partial charge in [-0.2, -0.15) is 0 Å². The molecule has 1 aliphatic heterocycles. The molecule has 3 rings (SSSR count). The van der Waals surface area contributed by atoms with Gasteiger partial charge in [-0.1, -0.05) is 30.3 Å². The van der Waals surface area contributed by atoms with Crippen LogP contribution in [0, 0.1) is 0 Å². The summed E-state index contributed by atoms with van der Waals surface area (Å²) in [6.07, 6.45) is 4.01. The number of benzene rings is 1. The fourth-order valence-corrected chi connectivity index (χ4v) is 5.31. The van der Waals surface area contributed by atoms with E-state index in [2.05, 4.69) is 4.98 Å². The molecule has 1 unspecified atom stereocenters. The van der Waals surface area contributed by atoms with E-state index in [4.69, 9.17) is 0 Å². The zero-order valence-electron chi connectivity index (χ0n) is 14.0. The number of carbonyl (C=O) groups excluding carboxylic acids is 1. The highest BCUT2D eigenvalue weighted by atomic mass is 32.2. The fourth-order valence-electron chi connectivity index (χ4n) is 3.04. The van der Waals surface area contributed by atoms with Gasteiger partial charge in [0.05, 0.1) is 17.1 Å². The summed E-state index contributed by atoms with van der Waals surface area (Å²) in [5, 5.41) is 0.659. The van der Waals surface area contributed by atoms with E-state index in [1.807, 2.05) is 36.6 Å². The smallest absolute Gasteiger partial charge is 0.257 e. The highest BCUT2D eigenvalue weighted by Gasteiger charge is 2.35. The lowest BCUT2D eigenvalue weighted by Gasteiger charge is -2.29. The molecule has 0 aliphatic carbocycles. The van der Waals surface area contributed by atoms with Crippen LogP contribution in [0.25, 0.3) is 0 Å². The molecular weight excluding hydrogens is 356 g/mol. The molecule has 0 radical (unpaired) electrons. The topological polar surface area (TPSA) is 67.3 Å². The second-order valence-corrected chi connectivity index (χ2v) is 9.06. The molecule has 0 saturated carbocycles. The summed E-state index contributed by atoms with van der Waals surface area (Å²) < 4.78 is 23.9. The molecule has 1 aliphatic rings. The zero-order valence-corrected chi connectivity index (χ0v) is 15.6. The van der Waals surface area contributed by atoms with E-state index in [0.29, 0.717) is 23.6 Å². The Kier molecular flexibility index (Phi) is 5.44. The van der Waals surface area contributed by atoms with Crippen LogP contribution in [0.1, 0.15) is 22.3 Å². The van der Waals surface area contributed by atoms with Gasteiger partial charge in [-0.25, -0.2) is 13.4 Å². The van der Waals surface area contributed by atoms with Crippen molar-refractivity contribution in [2.75, 3.05) is 17.8 Å². The Bertz CT molecular complexity index is 854. The van der Waals surface area contributed by atoms with E-state index in [1.165, 1.54) is 11.8 Å². The molecule has 1 saturated heterocycles. The SMILES string of the molecule is CSc1ncccc1C(=O)N(Cc1ccccc1)C1CCS(=O)(=O)C1. The Balaban J connectivity index is 1.94. The third-order valence-electron chi connectivity index (χ3n) is 4.30. The molecule has 0 spiro atoms. The zero-order chi connectivity index (χ0) is 17.9. The first-order chi connectivity index (χ1) is 12.0. The van der Waals surface area contributed by atoms with E-state index in [-0.39, 0.29) is 23.5 Å². The van der Waals surface area contributed by atoms with Gasteiger partial charge >= 0.3 is 0 Å². The van der Waals surface area contributed by atoms with Gasteiger partial charge < -0.3 is 4.90 Å². The molecule has 0 bridgehead atoms. The molecule has 25 heavy (non-hydrogen) atoms. The summed E-state index contributed by atoms with van der Waals surface area (Å²) in [6, 6.07) is 12.8. The lowest BCUT2D eigenvalue weighted by Crippen LogP contribution is -2.40. The highest BCUT2D eigenvalue weighted by Crippen LogP contribution is 2.25. The molecule has 1 fully saturated rings. The van der Waals surface area contributed by atoms with Crippen LogP contribution < -0.4 is 0 Å². The van der Waals surface area contributed by atoms with Crippen LogP contribution in [-0.2, 0) is 16.4 Å². The van der Waals surface area contributed by atoms with E-state index in [1.54, 1.807) is 23.2 Å². The lowest BCUT2D eigenvalue weighted by atomic mass is 10.1. The minimum absolute atomic E-state index is 0.0282. The quantitative estimate of drug-likeness (QED) is 0.751. The van der Waals surface area contributed by atoms with Crippen molar-refractivity contribution in [3.8, 4) is 0 Å². The average Bonchev–Trinajstić information content (AvgIpc) is 2.99. The maximum Gasteiger partial charge on any atom is 0.257 e. The third-order valence-corrected chi connectivity index (χ3v) is 6.76. The summed E-state index contributed by atoms with van der Waals surface area (Å²) in [6.45, 7) is 0.391. The van der Waals surface area contributed by atoms with Crippen molar-refractivity contribution in [1.29, 1.82) is 0 Å². The standard InChI is InChI=1S/C18H20N2O3S2/c1-24-17-16(8-5-10-19-17)18(21)20(12-14-6-3-2-4-7-14)15-9-11-25(22,23)13-15/h2-8,10,15H,9,11-13H2,1H3. The number of sulfone groups is 1. The number of thioether (sulfide) groups is 1. The van der Waals surface area contributed by atoms with Crippen LogP contribution >= 0.6 is 11.8 Å². The van der Waals surface area contributed by atoms with Gasteiger partial charge in [0.25, 0.3) is 5.91 Å². The molecule has 1 amide bonds. The molecule has 0 N–H and O–H groups in total.